The molecule has 3 rings (SSSR count). The van der Waals surface area contributed by atoms with E-state index in [1.807, 2.05) is 25.8 Å². The van der Waals surface area contributed by atoms with E-state index in [4.69, 9.17) is 20.3 Å². The van der Waals surface area contributed by atoms with Gasteiger partial charge in [0.15, 0.2) is 5.37 Å². The van der Waals surface area contributed by atoms with Crippen LogP contribution in [0.15, 0.2) is 5.10 Å². The largest absolute Gasteiger partial charge is 0.467 e. The van der Waals surface area contributed by atoms with Crippen LogP contribution < -0.4 is 5.73 Å². The average molecular weight is 485 g/mol. The second kappa shape index (κ2) is 10.9. The van der Waals surface area contributed by atoms with Gasteiger partial charge in [0, 0.05) is 19.0 Å². The molecule has 0 radical (unpaired) electrons. The van der Waals surface area contributed by atoms with E-state index in [1.54, 1.807) is 4.90 Å². The third-order valence-corrected chi connectivity index (χ3v) is 7.44. The molecule has 2 heterocycles. The van der Waals surface area contributed by atoms with E-state index in [9.17, 15) is 14.4 Å². The second-order valence-electron chi connectivity index (χ2n) is 9.75. The zero-order chi connectivity index (χ0) is 24.2. The highest BCUT2D eigenvalue weighted by Crippen LogP contribution is 2.39. The number of primary amides is 1. The molecular formula is C22H36N4O6S. The molecule has 3 aliphatic rings. The summed E-state index contributed by atoms with van der Waals surface area (Å²) in [5.74, 6) is -0.518. The molecule has 1 aliphatic carbocycles. The Morgan fingerprint density at radius 1 is 1.09 bits per heavy atom. The van der Waals surface area contributed by atoms with Gasteiger partial charge in [-0.05, 0) is 59.3 Å². The monoisotopic (exact) mass is 484 g/mol. The Morgan fingerprint density at radius 3 is 2.27 bits per heavy atom. The van der Waals surface area contributed by atoms with Gasteiger partial charge in [-0.3, -0.25) is 9.80 Å². The van der Waals surface area contributed by atoms with Crippen LogP contribution in [-0.2, 0) is 23.8 Å². The topological polar surface area (TPSA) is 124 Å². The van der Waals surface area contributed by atoms with Crippen LogP contribution in [-0.4, -0.2) is 82.8 Å². The van der Waals surface area contributed by atoms with Gasteiger partial charge in [0.05, 0.1) is 24.3 Å². The number of hydrogen-bond donors (Lipinski definition) is 1. The molecule has 0 bridgehead atoms. The average Bonchev–Trinajstić information content (AvgIpc) is 3.22. The van der Waals surface area contributed by atoms with Crippen LogP contribution in [0.1, 0.15) is 59.3 Å². The summed E-state index contributed by atoms with van der Waals surface area (Å²) in [6, 6.07) is 0.0471. The molecule has 10 nitrogen and oxygen atoms in total. The Hall–Kier alpha value is -2.01. The number of esters is 1. The van der Waals surface area contributed by atoms with Gasteiger partial charge in [-0.1, -0.05) is 11.8 Å². The minimum absolute atomic E-state index is 0.0267. The Morgan fingerprint density at radius 2 is 1.73 bits per heavy atom. The van der Waals surface area contributed by atoms with Crippen LogP contribution in [0.5, 0.6) is 0 Å². The molecule has 0 aromatic heterocycles. The normalized spacial score (nSPS) is 26.7. The van der Waals surface area contributed by atoms with Crippen LogP contribution >= 0.6 is 11.8 Å². The number of nitrogens with zero attached hydrogens (tertiary/aromatic N) is 3. The van der Waals surface area contributed by atoms with Gasteiger partial charge in [-0.2, -0.15) is 5.10 Å². The SMILES string of the molecule is COC(=O)COC1CCC(C2=NN(C3CCN(C(=O)OC(C)(C)C)CC3)C(C(N)=O)S2)CC1. The van der Waals surface area contributed by atoms with E-state index in [0.717, 1.165) is 30.7 Å². The van der Waals surface area contributed by atoms with Crippen molar-refractivity contribution in [2.75, 3.05) is 26.8 Å². The first kappa shape index (κ1) is 25.6. The molecule has 186 valence electrons. The molecule has 1 atom stereocenters. The summed E-state index contributed by atoms with van der Waals surface area (Å²) in [7, 11) is 1.35. The van der Waals surface area contributed by atoms with Crippen molar-refractivity contribution in [3.05, 3.63) is 0 Å². The number of methoxy groups -OCH3 is 1. The molecule has 2 amide bonds. The molecule has 1 saturated carbocycles. The summed E-state index contributed by atoms with van der Waals surface area (Å²) in [6.07, 6.45) is 4.56. The number of ether oxygens (including phenoxy) is 3. The molecule has 0 aromatic rings. The number of carbonyl (C=O) groups excluding carboxylic acids is 3. The van der Waals surface area contributed by atoms with Gasteiger partial charge < -0.3 is 24.8 Å². The smallest absolute Gasteiger partial charge is 0.410 e. The Labute approximate surface area is 199 Å². The van der Waals surface area contributed by atoms with E-state index >= 15 is 0 Å². The predicted octanol–water partition coefficient (Wildman–Crippen LogP) is 2.31. The maximum atomic E-state index is 12.3. The molecule has 1 unspecified atom stereocenters. The van der Waals surface area contributed by atoms with Crippen LogP contribution in [0.3, 0.4) is 0 Å². The van der Waals surface area contributed by atoms with E-state index in [-0.39, 0.29) is 36.7 Å². The number of nitrogens with two attached hydrogens (primary N) is 1. The molecule has 2 fully saturated rings. The number of carbonyl (C=O) groups is 3. The number of hydrazone groups is 1. The molecule has 2 N–H and O–H groups in total. The molecule has 11 heteroatoms. The zero-order valence-corrected chi connectivity index (χ0v) is 20.8. The molecule has 33 heavy (non-hydrogen) atoms. The lowest BCUT2D eigenvalue weighted by Gasteiger charge is -2.37. The summed E-state index contributed by atoms with van der Waals surface area (Å²) < 4.78 is 15.7. The van der Waals surface area contributed by atoms with Gasteiger partial charge >= 0.3 is 12.1 Å². The van der Waals surface area contributed by atoms with Gasteiger partial charge in [-0.15, -0.1) is 0 Å². The lowest BCUT2D eigenvalue weighted by molar-refractivity contribution is -0.148. The third-order valence-electron chi connectivity index (χ3n) is 6.11. The number of likely N-dealkylation sites (tertiary alicyclic amines) is 1. The van der Waals surface area contributed by atoms with E-state index in [2.05, 4.69) is 4.74 Å². The number of hydrogen-bond acceptors (Lipinski definition) is 9. The minimum atomic E-state index is -0.529. The molecular weight excluding hydrogens is 448 g/mol. The second-order valence-corrected chi connectivity index (χ2v) is 10.9. The van der Waals surface area contributed by atoms with E-state index < -0.39 is 16.9 Å². The van der Waals surface area contributed by atoms with Crippen molar-refractivity contribution in [2.24, 2.45) is 16.8 Å². The fraction of sp³-hybridized carbons (Fsp3) is 0.818. The maximum Gasteiger partial charge on any atom is 0.410 e. The highest BCUT2D eigenvalue weighted by atomic mass is 32.2. The summed E-state index contributed by atoms with van der Waals surface area (Å²) in [4.78, 5) is 37.5. The van der Waals surface area contributed by atoms with Crippen molar-refractivity contribution >= 4 is 34.8 Å². The van der Waals surface area contributed by atoms with Gasteiger partial charge in [0.2, 0.25) is 0 Å². The van der Waals surface area contributed by atoms with E-state index in [1.165, 1.54) is 18.9 Å². The molecule has 1 saturated heterocycles. The first-order valence-electron chi connectivity index (χ1n) is 11.6. The molecule has 0 aromatic carbocycles. The van der Waals surface area contributed by atoms with Crippen molar-refractivity contribution in [2.45, 2.75) is 82.4 Å². The first-order valence-corrected chi connectivity index (χ1v) is 12.4. The van der Waals surface area contributed by atoms with Crippen LogP contribution in [0.4, 0.5) is 4.79 Å². The highest BCUT2D eigenvalue weighted by Gasteiger charge is 2.41. The standard InChI is InChI=1S/C22H36N4O6S/c1-22(2,3)32-21(29)25-11-9-15(10-12-25)26-20(18(23)28)33-19(24-26)14-5-7-16(8-6-14)31-13-17(27)30-4/h14-16,20H,5-13H2,1-4H3,(H2,23,28). The van der Waals surface area contributed by atoms with Gasteiger partial charge in [0.1, 0.15) is 12.2 Å². The molecule has 2 aliphatic heterocycles. The lowest BCUT2D eigenvalue weighted by Crippen LogP contribution is -2.50. The fourth-order valence-electron chi connectivity index (χ4n) is 4.36. The van der Waals surface area contributed by atoms with Crippen LogP contribution in [0, 0.1) is 5.92 Å². The minimum Gasteiger partial charge on any atom is -0.467 e. The summed E-state index contributed by atoms with van der Waals surface area (Å²) in [6.45, 7) is 6.64. The number of thioether (sulfide) groups is 1. The maximum absolute atomic E-state index is 12.3. The van der Waals surface area contributed by atoms with Crippen LogP contribution in [0.2, 0.25) is 0 Å². The third kappa shape index (κ3) is 6.99. The highest BCUT2D eigenvalue weighted by molar-refractivity contribution is 8.15. The zero-order valence-electron chi connectivity index (χ0n) is 20.0. The lowest BCUT2D eigenvalue weighted by atomic mass is 9.88. The van der Waals surface area contributed by atoms with Crippen molar-refractivity contribution in [3.8, 4) is 0 Å². The first-order chi connectivity index (χ1) is 15.6. The summed E-state index contributed by atoms with van der Waals surface area (Å²) in [5.41, 5.74) is 5.18. The van der Waals surface area contributed by atoms with Gasteiger partial charge in [-0.25, -0.2) is 9.59 Å². The predicted molar refractivity (Wildman–Crippen MR) is 124 cm³/mol. The van der Waals surface area contributed by atoms with Crippen molar-refractivity contribution in [3.63, 3.8) is 0 Å². The summed E-state index contributed by atoms with van der Waals surface area (Å²) >= 11 is 1.45. The van der Waals surface area contributed by atoms with Crippen molar-refractivity contribution in [1.29, 1.82) is 0 Å². The quantitative estimate of drug-likeness (QED) is 0.570. The Kier molecular flexibility index (Phi) is 8.49. The number of rotatable bonds is 6. The number of amides is 2. The van der Waals surface area contributed by atoms with Gasteiger partial charge in [0.25, 0.3) is 5.91 Å². The Bertz CT molecular complexity index is 754. The Balaban J connectivity index is 1.55. The molecule has 0 spiro atoms. The number of piperidine rings is 1. The fourth-order valence-corrected chi connectivity index (χ4v) is 5.60. The van der Waals surface area contributed by atoms with Crippen molar-refractivity contribution < 1.29 is 28.6 Å². The summed E-state index contributed by atoms with van der Waals surface area (Å²) in [5, 5.41) is 7.12. The van der Waals surface area contributed by atoms with E-state index in [0.29, 0.717) is 25.9 Å². The van der Waals surface area contributed by atoms with Crippen molar-refractivity contribution in [1.82, 2.24) is 9.91 Å². The van der Waals surface area contributed by atoms with Crippen LogP contribution in [0.25, 0.3) is 0 Å².